The van der Waals surface area contributed by atoms with Gasteiger partial charge >= 0.3 is 0 Å². The number of thioether (sulfide) groups is 1. The monoisotopic (exact) mass is 406 g/mol. The Morgan fingerprint density at radius 3 is 2.42 bits per heavy atom. The van der Waals surface area contributed by atoms with Crippen molar-refractivity contribution in [3.05, 3.63) is 77.8 Å². The summed E-state index contributed by atoms with van der Waals surface area (Å²) in [5, 5.41) is 0.0356. The van der Waals surface area contributed by atoms with Crippen LogP contribution in [0.1, 0.15) is 10.8 Å². The van der Waals surface area contributed by atoms with Crippen molar-refractivity contribution in [2.45, 2.75) is 10.1 Å². The van der Waals surface area contributed by atoms with E-state index in [0.29, 0.717) is 5.02 Å². The molecule has 2 aromatic rings. The van der Waals surface area contributed by atoms with Gasteiger partial charge in [-0.1, -0.05) is 59.8 Å². The zero-order valence-corrected chi connectivity index (χ0v) is 16.0. The molecule has 1 atom stereocenters. The summed E-state index contributed by atoms with van der Waals surface area (Å²) in [4.78, 5) is 14.1. The van der Waals surface area contributed by atoms with Crippen molar-refractivity contribution in [2.75, 3.05) is 6.54 Å². The minimum atomic E-state index is -3.96. The van der Waals surface area contributed by atoms with Gasteiger partial charge in [0, 0.05) is 11.6 Å². The molecule has 1 aliphatic heterocycles. The molecule has 1 amide bonds. The van der Waals surface area contributed by atoms with Crippen molar-refractivity contribution in [3.63, 3.8) is 0 Å². The van der Waals surface area contributed by atoms with E-state index in [4.69, 9.17) is 11.6 Å². The number of amides is 1. The number of halogens is 1. The molecular formula is C18H15ClN2O3S2. The first kappa shape index (κ1) is 18.7. The van der Waals surface area contributed by atoms with Crippen LogP contribution in [-0.2, 0) is 14.8 Å². The predicted octanol–water partition coefficient (Wildman–Crippen LogP) is 3.89. The maximum atomic E-state index is 12.7. The van der Waals surface area contributed by atoms with E-state index in [2.05, 4.69) is 11.0 Å². The standard InChI is InChI=1S/C18H15ClN2O3S2/c1-2-12-21-17(22)16(13-6-4-3-5-7-13)25-18(21)20-26(23,24)15-10-8-14(19)9-11-15/h2-11,16H,1,12H2/t16-/m0/s1. The van der Waals surface area contributed by atoms with Gasteiger partial charge in [-0.3, -0.25) is 9.69 Å². The SMILES string of the molecule is C=CCN1C(=O)[C@H](c2ccccc2)SC1=NS(=O)(=O)c1ccc(Cl)cc1. The van der Waals surface area contributed by atoms with Crippen LogP contribution in [0.15, 0.2) is 76.5 Å². The van der Waals surface area contributed by atoms with Crippen molar-refractivity contribution in [3.8, 4) is 0 Å². The molecule has 0 aliphatic carbocycles. The van der Waals surface area contributed by atoms with Gasteiger partial charge in [0.05, 0.1) is 4.90 Å². The molecule has 1 saturated heterocycles. The second-order valence-electron chi connectivity index (χ2n) is 5.45. The van der Waals surface area contributed by atoms with Gasteiger partial charge in [0.15, 0.2) is 5.17 Å². The fourth-order valence-corrected chi connectivity index (χ4v) is 4.93. The normalized spacial score (nSPS) is 19.1. The third-order valence-corrected chi connectivity index (χ3v) is 6.55. The molecule has 26 heavy (non-hydrogen) atoms. The van der Waals surface area contributed by atoms with Crippen molar-refractivity contribution >= 4 is 44.5 Å². The van der Waals surface area contributed by atoms with E-state index in [1.54, 1.807) is 0 Å². The third-order valence-electron chi connectivity index (χ3n) is 3.67. The number of hydrogen-bond acceptors (Lipinski definition) is 4. The summed E-state index contributed by atoms with van der Waals surface area (Å²) < 4.78 is 29.1. The molecule has 5 nitrogen and oxygen atoms in total. The largest absolute Gasteiger partial charge is 0.285 e. The summed E-state index contributed by atoms with van der Waals surface area (Å²) in [6.07, 6.45) is 1.54. The zero-order chi connectivity index (χ0) is 18.7. The first-order chi connectivity index (χ1) is 12.4. The number of carbonyl (C=O) groups is 1. The molecule has 0 bridgehead atoms. The van der Waals surface area contributed by atoms with Gasteiger partial charge in [0.2, 0.25) is 5.91 Å². The smallest absolute Gasteiger partial charge is 0.284 e. The lowest BCUT2D eigenvalue weighted by Gasteiger charge is -2.13. The summed E-state index contributed by atoms with van der Waals surface area (Å²) >= 11 is 6.92. The van der Waals surface area contributed by atoms with Gasteiger partial charge in [-0.05, 0) is 29.8 Å². The summed E-state index contributed by atoms with van der Waals surface area (Å²) in [5.74, 6) is -0.217. The van der Waals surface area contributed by atoms with Gasteiger partial charge in [0.1, 0.15) is 5.25 Å². The van der Waals surface area contributed by atoms with Crippen LogP contribution in [0.4, 0.5) is 0 Å². The maximum absolute atomic E-state index is 12.7. The Morgan fingerprint density at radius 1 is 1.15 bits per heavy atom. The van der Waals surface area contributed by atoms with Crippen molar-refractivity contribution in [1.82, 2.24) is 4.90 Å². The van der Waals surface area contributed by atoms with Crippen LogP contribution < -0.4 is 0 Å². The van der Waals surface area contributed by atoms with Crippen molar-refractivity contribution in [2.24, 2.45) is 4.40 Å². The van der Waals surface area contributed by atoms with Crippen molar-refractivity contribution < 1.29 is 13.2 Å². The third kappa shape index (κ3) is 3.85. The molecule has 8 heteroatoms. The first-order valence-electron chi connectivity index (χ1n) is 7.67. The van der Waals surface area contributed by atoms with Crippen LogP contribution in [0, 0.1) is 0 Å². The van der Waals surface area contributed by atoms with E-state index in [-0.39, 0.29) is 22.5 Å². The fraction of sp³-hybridized carbons (Fsp3) is 0.111. The summed E-state index contributed by atoms with van der Waals surface area (Å²) in [5.41, 5.74) is 0.797. The molecule has 1 aliphatic rings. The van der Waals surface area contributed by atoms with Gasteiger partial charge in [0.25, 0.3) is 10.0 Å². The highest BCUT2D eigenvalue weighted by Gasteiger charge is 2.39. The lowest BCUT2D eigenvalue weighted by atomic mass is 10.1. The Labute approximate surface area is 161 Å². The number of rotatable bonds is 5. The van der Waals surface area contributed by atoms with E-state index in [1.165, 1.54) is 35.2 Å². The highest BCUT2D eigenvalue weighted by atomic mass is 35.5. The lowest BCUT2D eigenvalue weighted by molar-refractivity contribution is -0.125. The van der Waals surface area contributed by atoms with Gasteiger partial charge in [-0.25, -0.2) is 0 Å². The van der Waals surface area contributed by atoms with Crippen LogP contribution in [0.3, 0.4) is 0 Å². The molecule has 0 unspecified atom stereocenters. The Hall–Kier alpha value is -2.09. The van der Waals surface area contributed by atoms with Gasteiger partial charge in [-0.15, -0.1) is 11.0 Å². The summed E-state index contributed by atoms with van der Waals surface area (Å²) in [6, 6.07) is 14.9. The summed E-state index contributed by atoms with van der Waals surface area (Å²) in [7, 11) is -3.96. The number of sulfonamides is 1. The van der Waals surface area contributed by atoms with E-state index in [9.17, 15) is 13.2 Å². The Morgan fingerprint density at radius 2 is 1.81 bits per heavy atom. The molecule has 0 radical (unpaired) electrons. The van der Waals surface area contributed by atoms with Crippen LogP contribution >= 0.6 is 23.4 Å². The number of amidine groups is 1. The molecule has 134 valence electrons. The van der Waals surface area contributed by atoms with E-state index in [1.807, 2.05) is 30.3 Å². The second-order valence-corrected chi connectivity index (χ2v) is 8.56. The molecule has 0 aromatic heterocycles. The maximum Gasteiger partial charge on any atom is 0.284 e. The highest BCUT2D eigenvalue weighted by Crippen LogP contribution is 2.40. The summed E-state index contributed by atoms with van der Waals surface area (Å²) in [6.45, 7) is 3.82. The molecule has 1 heterocycles. The van der Waals surface area contributed by atoms with Crippen LogP contribution in [0.2, 0.25) is 5.02 Å². The lowest BCUT2D eigenvalue weighted by Crippen LogP contribution is -2.30. The Kier molecular flexibility index (Phi) is 5.50. The van der Waals surface area contributed by atoms with Crippen LogP contribution in [-0.4, -0.2) is 30.9 Å². The molecule has 2 aromatic carbocycles. The van der Waals surface area contributed by atoms with E-state index >= 15 is 0 Å². The topological polar surface area (TPSA) is 66.8 Å². The number of benzene rings is 2. The Balaban J connectivity index is 1.98. The fourth-order valence-electron chi connectivity index (χ4n) is 2.42. The minimum absolute atomic E-state index is 0.0177. The molecule has 0 spiro atoms. The first-order valence-corrected chi connectivity index (χ1v) is 10.4. The second kappa shape index (κ2) is 7.65. The zero-order valence-electron chi connectivity index (χ0n) is 13.6. The minimum Gasteiger partial charge on any atom is -0.285 e. The number of nitrogens with zero attached hydrogens (tertiary/aromatic N) is 2. The average molecular weight is 407 g/mol. The van der Waals surface area contributed by atoms with Crippen LogP contribution in [0.25, 0.3) is 0 Å². The predicted molar refractivity (Wildman–Crippen MR) is 105 cm³/mol. The quantitative estimate of drug-likeness (QED) is 0.706. The van der Waals surface area contributed by atoms with Gasteiger partial charge in [-0.2, -0.15) is 8.42 Å². The number of carbonyl (C=O) groups excluding carboxylic acids is 1. The van der Waals surface area contributed by atoms with Crippen molar-refractivity contribution in [1.29, 1.82) is 0 Å². The molecule has 1 fully saturated rings. The molecule has 0 N–H and O–H groups in total. The van der Waals surface area contributed by atoms with Crippen LogP contribution in [0.5, 0.6) is 0 Å². The molecule has 0 saturated carbocycles. The number of hydrogen-bond donors (Lipinski definition) is 0. The van der Waals surface area contributed by atoms with Gasteiger partial charge < -0.3 is 0 Å². The molecular weight excluding hydrogens is 392 g/mol. The average Bonchev–Trinajstić information content (AvgIpc) is 2.92. The highest BCUT2D eigenvalue weighted by molar-refractivity contribution is 8.15. The van der Waals surface area contributed by atoms with E-state index < -0.39 is 15.3 Å². The van der Waals surface area contributed by atoms with E-state index in [0.717, 1.165) is 17.3 Å². The Bertz CT molecular complexity index is 958. The molecule has 3 rings (SSSR count).